The largest absolute Gasteiger partial charge is 0.305 e. The Morgan fingerprint density at radius 2 is 2.21 bits per heavy atom. The molecule has 0 aromatic carbocycles. The number of nitrogens with zero attached hydrogens (tertiary/aromatic N) is 2. The fourth-order valence-corrected chi connectivity index (χ4v) is 1.98. The van der Waals surface area contributed by atoms with Crippen LogP contribution in [0.15, 0.2) is 0 Å². The van der Waals surface area contributed by atoms with Gasteiger partial charge < -0.3 is 4.90 Å². The maximum atomic E-state index is 11.4. The molecular weight excluding hydrogens is 176 g/mol. The standard InChI is InChI=1S/C11H22N2O/c1-4-5-11(14)9-13-7-6-10(8-13)12(2)3/h10H,4-9H2,1-3H3. The Bertz CT molecular complexity index is 192. The van der Waals surface area contributed by atoms with E-state index in [1.807, 2.05) is 0 Å². The molecule has 3 nitrogen and oxygen atoms in total. The maximum absolute atomic E-state index is 11.4. The molecule has 1 saturated heterocycles. The molecule has 0 bridgehead atoms. The van der Waals surface area contributed by atoms with Crippen LogP contribution >= 0.6 is 0 Å². The van der Waals surface area contributed by atoms with E-state index < -0.39 is 0 Å². The molecule has 0 amide bonds. The van der Waals surface area contributed by atoms with Crippen LogP contribution in [0.2, 0.25) is 0 Å². The van der Waals surface area contributed by atoms with Crippen molar-refractivity contribution in [2.45, 2.75) is 32.2 Å². The zero-order valence-electron chi connectivity index (χ0n) is 9.62. The lowest BCUT2D eigenvalue weighted by Crippen LogP contribution is -2.33. The van der Waals surface area contributed by atoms with Crippen molar-refractivity contribution < 1.29 is 4.79 Å². The first-order chi connectivity index (χ1) is 6.63. The van der Waals surface area contributed by atoms with Gasteiger partial charge in [0, 0.05) is 25.6 Å². The molecule has 1 aliphatic heterocycles. The van der Waals surface area contributed by atoms with E-state index in [9.17, 15) is 4.79 Å². The SMILES string of the molecule is CCCC(=O)CN1CCC(N(C)C)C1. The molecular formula is C11H22N2O. The second-order valence-corrected chi connectivity index (χ2v) is 4.43. The Balaban J connectivity index is 2.25. The molecule has 0 spiro atoms. The third-order valence-electron chi connectivity index (χ3n) is 2.91. The molecule has 0 aromatic rings. The summed E-state index contributed by atoms with van der Waals surface area (Å²) in [7, 11) is 4.23. The summed E-state index contributed by atoms with van der Waals surface area (Å²) in [6, 6.07) is 0.643. The van der Waals surface area contributed by atoms with E-state index in [1.165, 1.54) is 6.42 Å². The van der Waals surface area contributed by atoms with Crippen LogP contribution in [0.25, 0.3) is 0 Å². The number of likely N-dealkylation sites (N-methyl/N-ethyl adjacent to an activating group) is 1. The molecule has 82 valence electrons. The molecule has 0 N–H and O–H groups in total. The third kappa shape index (κ3) is 3.39. The quantitative estimate of drug-likeness (QED) is 0.658. The van der Waals surface area contributed by atoms with Gasteiger partial charge in [0.15, 0.2) is 0 Å². The van der Waals surface area contributed by atoms with Gasteiger partial charge in [-0.15, -0.1) is 0 Å². The first-order valence-electron chi connectivity index (χ1n) is 5.54. The van der Waals surface area contributed by atoms with Crippen LogP contribution < -0.4 is 0 Å². The number of Topliss-reactive ketones (excluding diaryl/α,β-unsaturated/α-hetero) is 1. The zero-order valence-corrected chi connectivity index (χ0v) is 9.62. The van der Waals surface area contributed by atoms with Crippen molar-refractivity contribution in [2.24, 2.45) is 0 Å². The molecule has 0 radical (unpaired) electrons. The lowest BCUT2D eigenvalue weighted by molar-refractivity contribution is -0.120. The number of carbonyl (C=O) groups excluding carboxylic acids is 1. The van der Waals surface area contributed by atoms with Crippen LogP contribution in [0, 0.1) is 0 Å². The predicted molar refractivity (Wildman–Crippen MR) is 58.4 cm³/mol. The van der Waals surface area contributed by atoms with E-state index in [1.54, 1.807) is 0 Å². The monoisotopic (exact) mass is 198 g/mol. The molecule has 1 atom stereocenters. The van der Waals surface area contributed by atoms with Crippen molar-refractivity contribution in [1.82, 2.24) is 9.80 Å². The average molecular weight is 198 g/mol. The van der Waals surface area contributed by atoms with Crippen LogP contribution in [-0.2, 0) is 4.79 Å². The van der Waals surface area contributed by atoms with E-state index in [0.717, 1.165) is 25.9 Å². The van der Waals surface area contributed by atoms with E-state index in [2.05, 4.69) is 30.8 Å². The molecule has 0 aromatic heterocycles. The Morgan fingerprint density at radius 1 is 1.50 bits per heavy atom. The number of ketones is 1. The Morgan fingerprint density at radius 3 is 2.71 bits per heavy atom. The Labute approximate surface area is 87.1 Å². The molecule has 3 heteroatoms. The average Bonchev–Trinajstić information content (AvgIpc) is 2.53. The highest BCUT2D eigenvalue weighted by Gasteiger charge is 2.24. The van der Waals surface area contributed by atoms with Crippen LogP contribution in [0.3, 0.4) is 0 Å². The molecule has 0 saturated carbocycles. The second kappa shape index (κ2) is 5.47. The molecule has 1 rings (SSSR count). The van der Waals surface area contributed by atoms with Gasteiger partial charge in [-0.1, -0.05) is 6.92 Å². The first-order valence-corrected chi connectivity index (χ1v) is 5.54. The highest BCUT2D eigenvalue weighted by Crippen LogP contribution is 2.12. The van der Waals surface area contributed by atoms with Crippen LogP contribution in [0.5, 0.6) is 0 Å². The number of hydrogen-bond donors (Lipinski definition) is 0. The van der Waals surface area contributed by atoms with Crippen LogP contribution in [0.1, 0.15) is 26.2 Å². The van der Waals surface area contributed by atoms with Gasteiger partial charge in [0.05, 0.1) is 6.54 Å². The van der Waals surface area contributed by atoms with Gasteiger partial charge in [0.2, 0.25) is 0 Å². The fourth-order valence-electron chi connectivity index (χ4n) is 1.98. The van der Waals surface area contributed by atoms with Crippen LogP contribution in [0.4, 0.5) is 0 Å². The topological polar surface area (TPSA) is 23.6 Å². The summed E-state index contributed by atoms with van der Waals surface area (Å²) in [5.74, 6) is 0.395. The van der Waals surface area contributed by atoms with E-state index in [0.29, 0.717) is 18.4 Å². The number of hydrogen-bond acceptors (Lipinski definition) is 3. The fraction of sp³-hybridized carbons (Fsp3) is 0.909. The van der Waals surface area contributed by atoms with Crippen molar-refractivity contribution in [3.8, 4) is 0 Å². The zero-order chi connectivity index (χ0) is 10.6. The summed E-state index contributed by atoms with van der Waals surface area (Å²) in [5.41, 5.74) is 0. The molecule has 1 unspecified atom stereocenters. The van der Waals surface area contributed by atoms with Crippen molar-refractivity contribution >= 4 is 5.78 Å². The molecule has 1 fully saturated rings. The Hall–Kier alpha value is -0.410. The highest BCUT2D eigenvalue weighted by atomic mass is 16.1. The van der Waals surface area contributed by atoms with Gasteiger partial charge >= 0.3 is 0 Å². The van der Waals surface area contributed by atoms with E-state index in [-0.39, 0.29) is 0 Å². The number of likely N-dealkylation sites (tertiary alicyclic amines) is 1. The van der Waals surface area contributed by atoms with Gasteiger partial charge in [0.25, 0.3) is 0 Å². The van der Waals surface area contributed by atoms with Gasteiger partial charge in [0.1, 0.15) is 5.78 Å². The van der Waals surface area contributed by atoms with Gasteiger partial charge in [-0.3, -0.25) is 9.69 Å². The van der Waals surface area contributed by atoms with Crippen molar-refractivity contribution in [3.63, 3.8) is 0 Å². The molecule has 0 aliphatic carbocycles. The minimum atomic E-state index is 0.395. The van der Waals surface area contributed by atoms with Crippen LogP contribution in [-0.4, -0.2) is 55.4 Å². The summed E-state index contributed by atoms with van der Waals surface area (Å²) in [5, 5.41) is 0. The first kappa shape index (κ1) is 11.7. The van der Waals surface area contributed by atoms with Crippen molar-refractivity contribution in [1.29, 1.82) is 0 Å². The summed E-state index contributed by atoms with van der Waals surface area (Å²) in [4.78, 5) is 16.0. The second-order valence-electron chi connectivity index (χ2n) is 4.43. The third-order valence-corrected chi connectivity index (χ3v) is 2.91. The minimum Gasteiger partial charge on any atom is -0.305 e. The lowest BCUT2D eigenvalue weighted by Gasteiger charge is -2.19. The summed E-state index contributed by atoms with van der Waals surface area (Å²) in [6.07, 6.45) is 2.92. The summed E-state index contributed by atoms with van der Waals surface area (Å²) in [6.45, 7) is 4.86. The smallest absolute Gasteiger partial charge is 0.146 e. The maximum Gasteiger partial charge on any atom is 0.146 e. The normalized spacial score (nSPS) is 23.3. The van der Waals surface area contributed by atoms with Gasteiger partial charge in [-0.05, 0) is 26.9 Å². The van der Waals surface area contributed by atoms with Gasteiger partial charge in [-0.2, -0.15) is 0 Å². The molecule has 1 aliphatic rings. The van der Waals surface area contributed by atoms with E-state index in [4.69, 9.17) is 0 Å². The van der Waals surface area contributed by atoms with E-state index >= 15 is 0 Å². The molecule has 1 heterocycles. The minimum absolute atomic E-state index is 0.395. The van der Waals surface area contributed by atoms with Crippen molar-refractivity contribution in [3.05, 3.63) is 0 Å². The summed E-state index contributed by atoms with van der Waals surface area (Å²) >= 11 is 0. The molecule has 14 heavy (non-hydrogen) atoms. The number of rotatable bonds is 5. The van der Waals surface area contributed by atoms with Gasteiger partial charge in [-0.25, -0.2) is 0 Å². The summed E-state index contributed by atoms with van der Waals surface area (Å²) < 4.78 is 0. The highest BCUT2D eigenvalue weighted by molar-refractivity contribution is 5.80. The lowest BCUT2D eigenvalue weighted by atomic mass is 10.2. The van der Waals surface area contributed by atoms with Crippen molar-refractivity contribution in [2.75, 3.05) is 33.7 Å². The number of carbonyl (C=O) groups is 1. The Kier molecular flexibility index (Phi) is 4.55. The predicted octanol–water partition coefficient (Wildman–Crippen LogP) is 0.992.